The summed E-state index contributed by atoms with van der Waals surface area (Å²) in [5.74, 6) is -0.0115. The molecule has 24 heavy (non-hydrogen) atoms. The molecule has 0 spiro atoms. The summed E-state index contributed by atoms with van der Waals surface area (Å²) in [5.41, 5.74) is 0.511. The number of hydrogen-bond acceptors (Lipinski definition) is 8. The van der Waals surface area contributed by atoms with E-state index in [0.717, 1.165) is 0 Å². The Labute approximate surface area is 138 Å². The monoisotopic (exact) mass is 352 g/mol. The number of nitrogens with zero attached hydrogens (tertiary/aromatic N) is 3. The van der Waals surface area contributed by atoms with Gasteiger partial charge in [-0.15, -0.1) is 0 Å². The molecule has 0 bridgehead atoms. The maximum absolute atomic E-state index is 12.2. The fourth-order valence-electron chi connectivity index (χ4n) is 1.78. The molecule has 0 aliphatic heterocycles. The molecule has 10 nitrogen and oxygen atoms in total. The van der Waals surface area contributed by atoms with Crippen LogP contribution in [-0.2, 0) is 10.0 Å². The highest BCUT2D eigenvalue weighted by molar-refractivity contribution is 7.90. The van der Waals surface area contributed by atoms with Crippen LogP contribution in [0.3, 0.4) is 0 Å². The third-order valence-corrected chi connectivity index (χ3v) is 4.35. The minimum absolute atomic E-state index is 0.00397. The molecular formula is C13H16N6O4S. The van der Waals surface area contributed by atoms with Gasteiger partial charge in [-0.05, 0) is 18.6 Å². The number of aromatic nitrogens is 3. The number of hydrogen-bond donors (Lipinski definition) is 3. The van der Waals surface area contributed by atoms with Crippen molar-refractivity contribution >= 4 is 28.0 Å². The number of methoxy groups -OCH3 is 1. The van der Waals surface area contributed by atoms with E-state index in [-0.39, 0.29) is 22.8 Å². The number of anilines is 2. The molecule has 2 amide bonds. The van der Waals surface area contributed by atoms with Crippen molar-refractivity contribution in [3.05, 3.63) is 29.8 Å². The van der Waals surface area contributed by atoms with Gasteiger partial charge in [-0.1, -0.05) is 18.2 Å². The van der Waals surface area contributed by atoms with Gasteiger partial charge in [-0.2, -0.15) is 15.0 Å². The summed E-state index contributed by atoms with van der Waals surface area (Å²) >= 11 is 0. The van der Waals surface area contributed by atoms with Gasteiger partial charge in [0.05, 0.1) is 12.0 Å². The molecule has 0 aliphatic carbocycles. The fourth-order valence-corrected chi connectivity index (χ4v) is 2.93. The predicted octanol–water partition coefficient (Wildman–Crippen LogP) is 0.741. The summed E-state index contributed by atoms with van der Waals surface area (Å²) in [6.45, 7) is 1.63. The Morgan fingerprint density at radius 1 is 1.12 bits per heavy atom. The Balaban J connectivity index is 2.18. The lowest BCUT2D eigenvalue weighted by molar-refractivity contribution is 0.256. The number of benzene rings is 1. The van der Waals surface area contributed by atoms with Gasteiger partial charge >= 0.3 is 12.0 Å². The topological polar surface area (TPSA) is 135 Å². The Bertz CT molecular complexity index is 833. The van der Waals surface area contributed by atoms with Crippen LogP contribution in [0.5, 0.6) is 6.01 Å². The largest absolute Gasteiger partial charge is 0.467 e. The maximum Gasteiger partial charge on any atom is 0.335 e. The van der Waals surface area contributed by atoms with Crippen molar-refractivity contribution in [2.24, 2.45) is 0 Å². The lowest BCUT2D eigenvalue weighted by Gasteiger charge is -2.10. The van der Waals surface area contributed by atoms with Crippen molar-refractivity contribution in [1.82, 2.24) is 19.7 Å². The van der Waals surface area contributed by atoms with Crippen LogP contribution in [0.25, 0.3) is 0 Å². The molecule has 2 rings (SSSR count). The van der Waals surface area contributed by atoms with Crippen molar-refractivity contribution in [2.75, 3.05) is 24.8 Å². The van der Waals surface area contributed by atoms with Gasteiger partial charge in [0.1, 0.15) is 0 Å². The van der Waals surface area contributed by atoms with Gasteiger partial charge in [0.15, 0.2) is 0 Å². The van der Waals surface area contributed by atoms with Crippen molar-refractivity contribution in [2.45, 2.75) is 11.8 Å². The van der Waals surface area contributed by atoms with E-state index in [1.807, 2.05) is 4.72 Å². The highest BCUT2D eigenvalue weighted by Crippen LogP contribution is 2.14. The number of sulfonamides is 1. The lowest BCUT2D eigenvalue weighted by Crippen LogP contribution is -2.35. The normalized spacial score (nSPS) is 10.8. The number of rotatable bonds is 5. The molecule has 1 aromatic carbocycles. The van der Waals surface area contributed by atoms with E-state index < -0.39 is 16.1 Å². The first kappa shape index (κ1) is 17.4. The third kappa shape index (κ3) is 4.07. The Hall–Kier alpha value is -2.95. The van der Waals surface area contributed by atoms with Crippen LogP contribution in [0.1, 0.15) is 5.56 Å². The number of ether oxygens (including phenoxy) is 1. The molecule has 0 atom stereocenters. The average Bonchev–Trinajstić information content (AvgIpc) is 2.53. The van der Waals surface area contributed by atoms with E-state index in [9.17, 15) is 13.2 Å². The van der Waals surface area contributed by atoms with Crippen LogP contribution in [-0.4, -0.2) is 43.6 Å². The minimum atomic E-state index is -4.02. The minimum Gasteiger partial charge on any atom is -0.467 e. The summed E-state index contributed by atoms with van der Waals surface area (Å²) in [6, 6.07) is 5.25. The second kappa shape index (κ2) is 7.08. The highest BCUT2D eigenvalue weighted by Gasteiger charge is 2.20. The van der Waals surface area contributed by atoms with Crippen LogP contribution in [0.15, 0.2) is 29.2 Å². The van der Waals surface area contributed by atoms with E-state index in [1.54, 1.807) is 32.2 Å². The molecule has 0 saturated heterocycles. The molecule has 0 fully saturated rings. The van der Waals surface area contributed by atoms with Crippen LogP contribution < -0.4 is 20.1 Å². The molecule has 128 valence electrons. The first-order chi connectivity index (χ1) is 11.4. The fraction of sp³-hybridized carbons (Fsp3) is 0.231. The number of urea groups is 1. The van der Waals surface area contributed by atoms with Crippen molar-refractivity contribution in [3.8, 4) is 6.01 Å². The van der Waals surface area contributed by atoms with Gasteiger partial charge in [-0.3, -0.25) is 5.32 Å². The van der Waals surface area contributed by atoms with Crippen LogP contribution in [0.2, 0.25) is 0 Å². The van der Waals surface area contributed by atoms with Gasteiger partial charge < -0.3 is 10.1 Å². The van der Waals surface area contributed by atoms with Crippen molar-refractivity contribution in [3.63, 3.8) is 0 Å². The number of amides is 2. The van der Waals surface area contributed by atoms with Crippen LogP contribution in [0.4, 0.5) is 16.7 Å². The zero-order valence-electron chi connectivity index (χ0n) is 13.2. The zero-order valence-corrected chi connectivity index (χ0v) is 14.0. The second-order valence-electron chi connectivity index (χ2n) is 4.54. The molecule has 1 heterocycles. The standard InChI is InChI=1S/C13H16N6O4S/c1-8-6-4-5-7-9(8)24(21,22)19-12(20)16-11-15-10(14-2)17-13(18-11)23-3/h4-7H,1-3H3,(H3,14,15,16,17,18,19,20). The number of carbonyl (C=O) groups is 1. The Morgan fingerprint density at radius 3 is 2.42 bits per heavy atom. The zero-order chi connectivity index (χ0) is 17.7. The average molecular weight is 352 g/mol. The smallest absolute Gasteiger partial charge is 0.335 e. The highest BCUT2D eigenvalue weighted by atomic mass is 32.2. The molecule has 1 aromatic heterocycles. The molecule has 0 unspecified atom stereocenters. The number of carbonyl (C=O) groups excluding carboxylic acids is 1. The van der Waals surface area contributed by atoms with E-state index in [2.05, 4.69) is 25.6 Å². The SMILES string of the molecule is CNc1nc(NC(=O)NS(=O)(=O)c2ccccc2C)nc(OC)n1. The summed E-state index contributed by atoms with van der Waals surface area (Å²) in [4.78, 5) is 23.5. The number of nitrogens with one attached hydrogen (secondary N) is 3. The van der Waals surface area contributed by atoms with Gasteiger partial charge in [0, 0.05) is 7.05 Å². The van der Waals surface area contributed by atoms with Gasteiger partial charge in [0.25, 0.3) is 10.0 Å². The third-order valence-electron chi connectivity index (χ3n) is 2.86. The van der Waals surface area contributed by atoms with E-state index in [1.165, 1.54) is 13.2 Å². The van der Waals surface area contributed by atoms with Crippen LogP contribution >= 0.6 is 0 Å². The predicted molar refractivity (Wildman–Crippen MR) is 86.4 cm³/mol. The van der Waals surface area contributed by atoms with Gasteiger partial charge in [-0.25, -0.2) is 17.9 Å². The first-order valence-electron chi connectivity index (χ1n) is 6.73. The maximum atomic E-state index is 12.2. The molecule has 0 radical (unpaired) electrons. The Kier molecular flexibility index (Phi) is 5.14. The van der Waals surface area contributed by atoms with Crippen LogP contribution in [0, 0.1) is 6.92 Å². The molecular weight excluding hydrogens is 336 g/mol. The second-order valence-corrected chi connectivity index (χ2v) is 6.20. The molecule has 2 aromatic rings. The van der Waals surface area contributed by atoms with E-state index in [0.29, 0.717) is 5.56 Å². The Morgan fingerprint density at radius 2 is 1.79 bits per heavy atom. The van der Waals surface area contributed by atoms with Crippen molar-refractivity contribution < 1.29 is 17.9 Å². The van der Waals surface area contributed by atoms with Crippen molar-refractivity contribution in [1.29, 1.82) is 0 Å². The van der Waals surface area contributed by atoms with E-state index >= 15 is 0 Å². The number of aryl methyl sites for hydroxylation is 1. The summed E-state index contributed by atoms with van der Waals surface area (Å²) in [5, 5.41) is 4.89. The quantitative estimate of drug-likeness (QED) is 0.717. The molecule has 0 saturated carbocycles. The summed E-state index contributed by atoms with van der Waals surface area (Å²) in [6.07, 6.45) is 0. The van der Waals surface area contributed by atoms with E-state index in [4.69, 9.17) is 4.74 Å². The molecule has 0 aliphatic rings. The first-order valence-corrected chi connectivity index (χ1v) is 8.21. The summed E-state index contributed by atoms with van der Waals surface area (Å²) < 4.78 is 31.2. The summed E-state index contributed by atoms with van der Waals surface area (Å²) in [7, 11) is -1.10. The van der Waals surface area contributed by atoms with Gasteiger partial charge in [0.2, 0.25) is 11.9 Å². The lowest BCUT2D eigenvalue weighted by atomic mass is 10.2. The molecule has 3 N–H and O–H groups in total. The molecule has 11 heteroatoms.